The van der Waals surface area contributed by atoms with Gasteiger partial charge in [0, 0.05) is 6.42 Å². The van der Waals surface area contributed by atoms with Crippen LogP contribution in [0.1, 0.15) is 32.3 Å². The number of esters is 1. The Morgan fingerprint density at radius 1 is 1.14 bits per heavy atom. The molecule has 21 heavy (non-hydrogen) atoms. The van der Waals surface area contributed by atoms with Crippen LogP contribution in [-0.2, 0) is 20.9 Å². The second kappa shape index (κ2) is 9.50. The fourth-order valence-electron chi connectivity index (χ4n) is 1.86. The van der Waals surface area contributed by atoms with Crippen molar-refractivity contribution in [2.45, 2.75) is 51.6 Å². The van der Waals surface area contributed by atoms with Crippen LogP contribution in [0.4, 0.5) is 0 Å². The summed E-state index contributed by atoms with van der Waals surface area (Å²) in [7, 11) is 0. The zero-order valence-corrected chi connectivity index (χ0v) is 12.6. The quantitative estimate of drug-likeness (QED) is 0.678. The molecule has 0 fully saturated rings. The molecule has 0 spiro atoms. The molecule has 5 heteroatoms. The lowest BCUT2D eigenvalue weighted by atomic mass is 10.1. The normalized spacial score (nSPS) is 14.0. The summed E-state index contributed by atoms with van der Waals surface area (Å²) in [5.74, 6) is -0.463. The van der Waals surface area contributed by atoms with E-state index in [2.05, 4.69) is 0 Å². The van der Waals surface area contributed by atoms with E-state index in [4.69, 9.17) is 9.47 Å². The van der Waals surface area contributed by atoms with Crippen molar-refractivity contribution >= 4 is 5.97 Å². The number of carbonyl (C=O) groups is 1. The van der Waals surface area contributed by atoms with Gasteiger partial charge in [-0.3, -0.25) is 4.79 Å². The first-order chi connectivity index (χ1) is 9.97. The smallest absolute Gasteiger partial charge is 0.308 e. The number of ether oxygens (including phenoxy) is 2. The Morgan fingerprint density at radius 3 is 2.43 bits per heavy atom. The summed E-state index contributed by atoms with van der Waals surface area (Å²) in [5, 5.41) is 19.5. The van der Waals surface area contributed by atoms with Crippen molar-refractivity contribution in [2.24, 2.45) is 0 Å². The van der Waals surface area contributed by atoms with Gasteiger partial charge in [0.1, 0.15) is 0 Å². The summed E-state index contributed by atoms with van der Waals surface area (Å²) in [6.45, 7) is 4.02. The molecule has 0 bridgehead atoms. The molecule has 0 unspecified atom stereocenters. The van der Waals surface area contributed by atoms with E-state index in [0.29, 0.717) is 6.61 Å². The van der Waals surface area contributed by atoms with Crippen LogP contribution >= 0.6 is 0 Å². The SMILES string of the molecule is CC(C)OC(=O)C[C@H](O)C[C@H](O)COCc1ccccc1. The Labute approximate surface area is 125 Å². The molecule has 0 aliphatic carbocycles. The lowest BCUT2D eigenvalue weighted by molar-refractivity contribution is -0.150. The molecule has 5 nitrogen and oxygen atoms in total. The van der Waals surface area contributed by atoms with Crippen molar-refractivity contribution in [1.29, 1.82) is 0 Å². The Bertz CT molecular complexity index is 404. The summed E-state index contributed by atoms with van der Waals surface area (Å²) in [5.41, 5.74) is 1.02. The van der Waals surface area contributed by atoms with Crippen molar-refractivity contribution in [3.63, 3.8) is 0 Å². The zero-order chi connectivity index (χ0) is 15.7. The van der Waals surface area contributed by atoms with Crippen molar-refractivity contribution < 1.29 is 24.5 Å². The molecule has 2 N–H and O–H groups in total. The predicted molar refractivity (Wildman–Crippen MR) is 78.6 cm³/mol. The molecule has 0 saturated heterocycles. The van der Waals surface area contributed by atoms with Gasteiger partial charge in [0.05, 0.1) is 37.9 Å². The second-order valence-corrected chi connectivity index (χ2v) is 5.29. The summed E-state index contributed by atoms with van der Waals surface area (Å²) in [6, 6.07) is 9.62. The fraction of sp³-hybridized carbons (Fsp3) is 0.562. The Kier molecular flexibility index (Phi) is 7.97. The number of aliphatic hydroxyl groups excluding tert-OH is 2. The summed E-state index contributed by atoms with van der Waals surface area (Å²) in [4.78, 5) is 11.3. The molecular formula is C16H24O5. The molecule has 2 atom stereocenters. The van der Waals surface area contributed by atoms with Crippen LogP contribution in [0.2, 0.25) is 0 Å². The van der Waals surface area contributed by atoms with Gasteiger partial charge in [0.15, 0.2) is 0 Å². The van der Waals surface area contributed by atoms with Crippen LogP contribution in [0.5, 0.6) is 0 Å². The van der Waals surface area contributed by atoms with E-state index in [-0.39, 0.29) is 25.6 Å². The highest BCUT2D eigenvalue weighted by atomic mass is 16.5. The van der Waals surface area contributed by atoms with Crippen LogP contribution in [0.25, 0.3) is 0 Å². The summed E-state index contributed by atoms with van der Waals surface area (Å²) in [6.07, 6.45) is -1.97. The molecule has 0 aliphatic heterocycles. The van der Waals surface area contributed by atoms with Crippen LogP contribution < -0.4 is 0 Å². The highest BCUT2D eigenvalue weighted by molar-refractivity contribution is 5.70. The molecule has 1 aromatic rings. The van der Waals surface area contributed by atoms with Gasteiger partial charge in [-0.1, -0.05) is 30.3 Å². The molecule has 0 amide bonds. The van der Waals surface area contributed by atoms with Crippen molar-refractivity contribution in [3.8, 4) is 0 Å². The van der Waals surface area contributed by atoms with E-state index in [1.54, 1.807) is 13.8 Å². The number of rotatable bonds is 9. The molecule has 118 valence electrons. The molecule has 0 saturated carbocycles. The van der Waals surface area contributed by atoms with E-state index in [0.717, 1.165) is 5.56 Å². The zero-order valence-electron chi connectivity index (χ0n) is 12.6. The number of benzene rings is 1. The molecular weight excluding hydrogens is 272 g/mol. The minimum absolute atomic E-state index is 0.0853. The molecule has 0 radical (unpaired) electrons. The van der Waals surface area contributed by atoms with Crippen molar-refractivity contribution in [1.82, 2.24) is 0 Å². The molecule has 0 aliphatic rings. The molecule has 0 heterocycles. The standard InChI is InChI=1S/C16H24O5/c1-12(2)21-16(19)9-14(17)8-15(18)11-20-10-13-6-4-3-5-7-13/h3-7,12,14-15,17-18H,8-11H2,1-2H3/t14-,15+/m1/s1. The number of hydrogen-bond donors (Lipinski definition) is 2. The maximum Gasteiger partial charge on any atom is 0.308 e. The van der Waals surface area contributed by atoms with Gasteiger partial charge in [0.2, 0.25) is 0 Å². The maximum atomic E-state index is 11.3. The van der Waals surface area contributed by atoms with Gasteiger partial charge < -0.3 is 19.7 Å². The number of carbonyl (C=O) groups excluding carboxylic acids is 1. The van der Waals surface area contributed by atoms with Crippen LogP contribution in [0.15, 0.2) is 30.3 Å². The topological polar surface area (TPSA) is 76.0 Å². The number of aliphatic hydroxyl groups is 2. The van der Waals surface area contributed by atoms with Crippen molar-refractivity contribution in [2.75, 3.05) is 6.61 Å². The first kappa shape index (κ1) is 17.6. The van der Waals surface area contributed by atoms with Crippen LogP contribution in [0, 0.1) is 0 Å². The lowest BCUT2D eigenvalue weighted by Gasteiger charge is -2.16. The van der Waals surface area contributed by atoms with E-state index in [1.165, 1.54) is 0 Å². The van der Waals surface area contributed by atoms with Crippen LogP contribution in [0.3, 0.4) is 0 Å². The third-order valence-corrected chi connectivity index (χ3v) is 2.74. The third kappa shape index (κ3) is 8.45. The van der Waals surface area contributed by atoms with E-state index in [1.807, 2.05) is 30.3 Å². The monoisotopic (exact) mass is 296 g/mol. The first-order valence-corrected chi connectivity index (χ1v) is 7.14. The Morgan fingerprint density at radius 2 is 1.81 bits per heavy atom. The largest absolute Gasteiger partial charge is 0.463 e. The lowest BCUT2D eigenvalue weighted by Crippen LogP contribution is -2.25. The third-order valence-electron chi connectivity index (χ3n) is 2.74. The fourth-order valence-corrected chi connectivity index (χ4v) is 1.86. The van der Waals surface area contributed by atoms with Crippen molar-refractivity contribution in [3.05, 3.63) is 35.9 Å². The average molecular weight is 296 g/mol. The van der Waals surface area contributed by atoms with Crippen LogP contribution in [-0.4, -0.2) is 41.1 Å². The minimum Gasteiger partial charge on any atom is -0.463 e. The minimum atomic E-state index is -0.924. The first-order valence-electron chi connectivity index (χ1n) is 7.14. The van der Waals surface area contributed by atoms with Gasteiger partial charge in [-0.2, -0.15) is 0 Å². The second-order valence-electron chi connectivity index (χ2n) is 5.29. The average Bonchev–Trinajstić information content (AvgIpc) is 2.38. The van der Waals surface area contributed by atoms with Gasteiger partial charge in [-0.25, -0.2) is 0 Å². The predicted octanol–water partition coefficient (Wildman–Crippen LogP) is 1.66. The van der Waals surface area contributed by atoms with Gasteiger partial charge in [-0.15, -0.1) is 0 Å². The molecule has 0 aromatic heterocycles. The highest BCUT2D eigenvalue weighted by Gasteiger charge is 2.17. The highest BCUT2D eigenvalue weighted by Crippen LogP contribution is 2.07. The van der Waals surface area contributed by atoms with E-state index in [9.17, 15) is 15.0 Å². The van der Waals surface area contributed by atoms with Gasteiger partial charge in [0.25, 0.3) is 0 Å². The van der Waals surface area contributed by atoms with E-state index < -0.39 is 18.2 Å². The van der Waals surface area contributed by atoms with Gasteiger partial charge >= 0.3 is 5.97 Å². The number of hydrogen-bond acceptors (Lipinski definition) is 5. The van der Waals surface area contributed by atoms with E-state index >= 15 is 0 Å². The molecule has 1 aromatic carbocycles. The summed E-state index contributed by atoms with van der Waals surface area (Å²) < 4.78 is 10.3. The molecule has 1 rings (SSSR count). The Hall–Kier alpha value is -1.43. The Balaban J connectivity index is 2.17. The van der Waals surface area contributed by atoms with Gasteiger partial charge in [-0.05, 0) is 19.4 Å². The summed E-state index contributed by atoms with van der Waals surface area (Å²) >= 11 is 0. The maximum absolute atomic E-state index is 11.3.